The molecule has 5 heteroatoms. The van der Waals surface area contributed by atoms with Gasteiger partial charge in [0.2, 0.25) is 0 Å². The van der Waals surface area contributed by atoms with E-state index >= 15 is 0 Å². The lowest BCUT2D eigenvalue weighted by Crippen LogP contribution is -2.27. The number of aryl methyl sites for hydroxylation is 2. The van der Waals surface area contributed by atoms with Crippen LogP contribution in [0.15, 0.2) is 41.3 Å². The van der Waals surface area contributed by atoms with Gasteiger partial charge < -0.3 is 0 Å². The summed E-state index contributed by atoms with van der Waals surface area (Å²) in [5.41, 5.74) is 1.95. The molecule has 0 aliphatic carbocycles. The molecule has 1 aliphatic heterocycles. The summed E-state index contributed by atoms with van der Waals surface area (Å²) in [6, 6.07) is 11.9. The molecule has 1 amide bonds. The highest BCUT2D eigenvalue weighted by atomic mass is 32.2. The Balaban J connectivity index is 1.94. The molecule has 0 saturated carbocycles. The fourth-order valence-corrected chi connectivity index (χ4v) is 4.30. The molecule has 1 fully saturated rings. The van der Waals surface area contributed by atoms with Crippen LogP contribution >= 0.6 is 35.3 Å². The molecule has 2 aromatic rings. The van der Waals surface area contributed by atoms with E-state index in [1.54, 1.807) is 16.2 Å². The molecular formula is C16H13NOS3. The maximum absolute atomic E-state index is 12.6. The minimum absolute atomic E-state index is 0.0401. The van der Waals surface area contributed by atoms with Crippen LogP contribution in [0.2, 0.25) is 0 Å². The number of nitrogens with zero attached hydrogens (tertiary/aromatic N) is 1. The Hall–Kier alpha value is -1.43. The largest absolute Gasteiger partial charge is 0.270 e. The van der Waals surface area contributed by atoms with Crippen LogP contribution in [0.25, 0.3) is 6.08 Å². The van der Waals surface area contributed by atoms with Crippen molar-refractivity contribution < 1.29 is 4.79 Å². The van der Waals surface area contributed by atoms with Crippen LogP contribution in [0.1, 0.15) is 15.3 Å². The van der Waals surface area contributed by atoms with Crippen molar-refractivity contribution in [1.29, 1.82) is 0 Å². The lowest BCUT2D eigenvalue weighted by molar-refractivity contribution is -0.113. The molecule has 0 N–H and O–H groups in total. The van der Waals surface area contributed by atoms with Gasteiger partial charge in [-0.25, -0.2) is 0 Å². The first-order valence-corrected chi connectivity index (χ1v) is 8.50. The first kappa shape index (κ1) is 14.5. The smallest absolute Gasteiger partial charge is 0.268 e. The quantitative estimate of drug-likeness (QED) is 0.584. The number of thioether (sulfide) groups is 1. The molecule has 1 aliphatic rings. The summed E-state index contributed by atoms with van der Waals surface area (Å²) >= 11 is 8.41. The summed E-state index contributed by atoms with van der Waals surface area (Å²) in [7, 11) is 0. The average Bonchev–Trinajstić information content (AvgIpc) is 2.94. The zero-order valence-electron chi connectivity index (χ0n) is 11.6. The molecule has 1 aromatic carbocycles. The number of carbonyl (C=O) groups is 1. The number of hydrogen-bond acceptors (Lipinski definition) is 4. The standard InChI is InChI=1S/C16H13NOS3/c1-10-4-3-5-12(8-10)17-15(18)14(21-16(17)19)9-13-7-6-11(2)20-13/h3-9H,1-2H3/b14-9-. The van der Waals surface area contributed by atoms with Gasteiger partial charge in [-0.2, -0.15) is 0 Å². The van der Waals surface area contributed by atoms with Gasteiger partial charge in [-0.15, -0.1) is 11.3 Å². The fraction of sp³-hybridized carbons (Fsp3) is 0.125. The number of hydrogen-bond donors (Lipinski definition) is 0. The summed E-state index contributed by atoms with van der Waals surface area (Å²) in [4.78, 5) is 17.2. The Bertz CT molecular complexity index is 760. The second-order valence-corrected chi connectivity index (χ2v) is 7.80. The van der Waals surface area contributed by atoms with E-state index in [2.05, 4.69) is 13.0 Å². The molecule has 1 saturated heterocycles. The summed E-state index contributed by atoms with van der Waals surface area (Å²) in [5.74, 6) is -0.0401. The Morgan fingerprint density at radius 3 is 2.67 bits per heavy atom. The molecule has 2 heterocycles. The normalized spacial score (nSPS) is 17.0. The third-order valence-corrected chi connectivity index (χ3v) is 5.34. The molecule has 2 nitrogen and oxygen atoms in total. The van der Waals surface area contributed by atoms with Crippen molar-refractivity contribution in [1.82, 2.24) is 0 Å². The first-order valence-electron chi connectivity index (χ1n) is 6.45. The SMILES string of the molecule is Cc1cccc(N2C(=O)/C(=C/c3ccc(C)s3)SC2=S)c1. The van der Waals surface area contributed by atoms with E-state index in [1.807, 2.05) is 43.3 Å². The summed E-state index contributed by atoms with van der Waals surface area (Å²) < 4.78 is 0.588. The highest BCUT2D eigenvalue weighted by molar-refractivity contribution is 8.27. The second kappa shape index (κ2) is 5.75. The van der Waals surface area contributed by atoms with Gasteiger partial charge in [-0.3, -0.25) is 9.69 Å². The highest BCUT2D eigenvalue weighted by Gasteiger charge is 2.33. The summed E-state index contributed by atoms with van der Waals surface area (Å²) in [6.07, 6.45) is 1.92. The lowest BCUT2D eigenvalue weighted by atomic mass is 10.2. The van der Waals surface area contributed by atoms with E-state index in [4.69, 9.17) is 12.2 Å². The highest BCUT2D eigenvalue weighted by Crippen LogP contribution is 2.36. The van der Waals surface area contributed by atoms with E-state index in [-0.39, 0.29) is 5.91 Å². The Morgan fingerprint density at radius 1 is 1.19 bits per heavy atom. The Morgan fingerprint density at radius 2 is 2.00 bits per heavy atom. The van der Waals surface area contributed by atoms with Crippen molar-refractivity contribution in [3.63, 3.8) is 0 Å². The van der Waals surface area contributed by atoms with Crippen LogP contribution in [0.3, 0.4) is 0 Å². The van der Waals surface area contributed by atoms with Gasteiger partial charge in [-0.1, -0.05) is 36.1 Å². The number of rotatable bonds is 2. The van der Waals surface area contributed by atoms with Crippen LogP contribution in [0, 0.1) is 13.8 Å². The molecule has 0 spiro atoms. The van der Waals surface area contributed by atoms with Gasteiger partial charge in [0.15, 0.2) is 4.32 Å². The first-order chi connectivity index (χ1) is 10.0. The number of anilines is 1. The summed E-state index contributed by atoms with van der Waals surface area (Å²) in [5, 5.41) is 0. The van der Waals surface area contributed by atoms with Gasteiger partial charge in [0.05, 0.1) is 10.6 Å². The summed E-state index contributed by atoms with van der Waals surface area (Å²) in [6.45, 7) is 4.06. The molecular weight excluding hydrogens is 318 g/mol. The van der Waals surface area contributed by atoms with Gasteiger partial charge in [0, 0.05) is 9.75 Å². The predicted molar refractivity (Wildman–Crippen MR) is 95.9 cm³/mol. The van der Waals surface area contributed by atoms with Crippen molar-refractivity contribution in [3.05, 3.63) is 56.6 Å². The zero-order chi connectivity index (χ0) is 15.0. The minimum atomic E-state index is -0.0401. The minimum Gasteiger partial charge on any atom is -0.268 e. The van der Waals surface area contributed by atoms with Crippen LogP contribution in [0.4, 0.5) is 5.69 Å². The molecule has 21 heavy (non-hydrogen) atoms. The van der Waals surface area contributed by atoms with Gasteiger partial charge >= 0.3 is 0 Å². The Labute approximate surface area is 137 Å². The third kappa shape index (κ3) is 2.95. The van der Waals surface area contributed by atoms with Crippen LogP contribution in [-0.4, -0.2) is 10.2 Å². The molecule has 1 aromatic heterocycles. The van der Waals surface area contributed by atoms with E-state index in [9.17, 15) is 4.79 Å². The number of amides is 1. The van der Waals surface area contributed by atoms with Crippen LogP contribution in [-0.2, 0) is 4.79 Å². The number of benzene rings is 1. The van der Waals surface area contributed by atoms with E-state index in [1.165, 1.54) is 16.6 Å². The number of carbonyl (C=O) groups excluding carboxylic acids is 1. The number of thiophene rings is 1. The van der Waals surface area contributed by atoms with E-state index in [0.29, 0.717) is 9.23 Å². The molecule has 0 radical (unpaired) electrons. The predicted octanol–water partition coefficient (Wildman–Crippen LogP) is 4.77. The maximum atomic E-state index is 12.6. The van der Waals surface area contributed by atoms with Crippen molar-refractivity contribution in [2.24, 2.45) is 0 Å². The topological polar surface area (TPSA) is 20.3 Å². The zero-order valence-corrected chi connectivity index (χ0v) is 14.1. The molecule has 0 atom stereocenters. The maximum Gasteiger partial charge on any atom is 0.270 e. The van der Waals surface area contributed by atoms with Gasteiger partial charge in [-0.05, 0) is 49.8 Å². The molecule has 106 valence electrons. The van der Waals surface area contributed by atoms with E-state index in [0.717, 1.165) is 16.1 Å². The van der Waals surface area contributed by atoms with E-state index < -0.39 is 0 Å². The molecule has 0 unspecified atom stereocenters. The average molecular weight is 331 g/mol. The molecule has 3 rings (SSSR count). The fourth-order valence-electron chi connectivity index (χ4n) is 2.12. The molecule has 0 bridgehead atoms. The lowest BCUT2D eigenvalue weighted by Gasteiger charge is -2.14. The Kier molecular flexibility index (Phi) is 3.97. The van der Waals surface area contributed by atoms with Gasteiger partial charge in [0.25, 0.3) is 5.91 Å². The van der Waals surface area contributed by atoms with Crippen molar-refractivity contribution in [2.45, 2.75) is 13.8 Å². The van der Waals surface area contributed by atoms with Crippen molar-refractivity contribution in [3.8, 4) is 0 Å². The number of thiocarbonyl (C=S) groups is 1. The monoisotopic (exact) mass is 331 g/mol. The third-order valence-electron chi connectivity index (χ3n) is 3.09. The van der Waals surface area contributed by atoms with Crippen molar-refractivity contribution >= 4 is 57.3 Å². The van der Waals surface area contributed by atoms with Crippen LogP contribution < -0.4 is 4.90 Å². The second-order valence-electron chi connectivity index (χ2n) is 4.80. The van der Waals surface area contributed by atoms with Crippen molar-refractivity contribution in [2.75, 3.05) is 4.90 Å². The van der Waals surface area contributed by atoms with Crippen LogP contribution in [0.5, 0.6) is 0 Å². The van der Waals surface area contributed by atoms with Gasteiger partial charge in [0.1, 0.15) is 0 Å².